The molecule has 98 valence electrons. The lowest BCUT2D eigenvalue weighted by atomic mass is 9.89. The highest BCUT2D eigenvalue weighted by Gasteiger charge is 2.23. The third-order valence-corrected chi connectivity index (χ3v) is 3.51. The molecule has 0 aliphatic heterocycles. The van der Waals surface area contributed by atoms with Crippen molar-refractivity contribution in [2.24, 2.45) is 5.92 Å². The first-order chi connectivity index (χ1) is 8.54. The van der Waals surface area contributed by atoms with Crippen molar-refractivity contribution < 1.29 is 9.53 Å². The molecule has 1 aliphatic rings. The molecule has 0 amide bonds. The summed E-state index contributed by atoms with van der Waals surface area (Å²) in [6, 6.07) is 3.27. The number of halogens is 1. The fourth-order valence-corrected chi connectivity index (χ4v) is 2.70. The van der Waals surface area contributed by atoms with Crippen LogP contribution in [0.5, 0.6) is 0 Å². The van der Waals surface area contributed by atoms with Gasteiger partial charge in [0.1, 0.15) is 11.3 Å². The van der Waals surface area contributed by atoms with Crippen LogP contribution in [0.4, 0.5) is 0 Å². The van der Waals surface area contributed by atoms with Crippen LogP contribution < -0.4 is 0 Å². The Morgan fingerprint density at radius 1 is 1.44 bits per heavy atom. The van der Waals surface area contributed by atoms with Gasteiger partial charge in [-0.05, 0) is 44.2 Å². The molecule has 1 aromatic rings. The molecular weight excluding hydrogens is 250 g/mol. The molecule has 2 unspecified atom stereocenters. The smallest absolute Gasteiger partial charge is 0.338 e. The molecule has 2 rings (SSSR count). The van der Waals surface area contributed by atoms with Gasteiger partial charge in [-0.25, -0.2) is 9.78 Å². The summed E-state index contributed by atoms with van der Waals surface area (Å²) < 4.78 is 5.53. The monoisotopic (exact) mass is 267 g/mol. The number of nitrogens with zero attached hydrogens (tertiary/aromatic N) is 1. The summed E-state index contributed by atoms with van der Waals surface area (Å²) in [5.74, 6) is 0.348. The molecule has 3 nitrogen and oxygen atoms in total. The molecule has 0 N–H and O–H groups in total. The lowest BCUT2D eigenvalue weighted by Crippen LogP contribution is -2.24. The Balaban J connectivity index is 2.02. The number of hydrogen-bond donors (Lipinski definition) is 0. The predicted molar refractivity (Wildman–Crippen MR) is 70.8 cm³/mol. The summed E-state index contributed by atoms with van der Waals surface area (Å²) in [5.41, 5.74) is 1.22. The fourth-order valence-electron chi connectivity index (χ4n) is 2.45. The molecule has 0 bridgehead atoms. The van der Waals surface area contributed by atoms with Gasteiger partial charge in [-0.3, -0.25) is 0 Å². The molecule has 1 aromatic heterocycles. The van der Waals surface area contributed by atoms with E-state index in [1.54, 1.807) is 12.1 Å². The zero-order chi connectivity index (χ0) is 13.1. The quantitative estimate of drug-likeness (QED) is 0.605. The van der Waals surface area contributed by atoms with E-state index >= 15 is 0 Å². The molecule has 4 heteroatoms. The molecule has 1 aliphatic carbocycles. The van der Waals surface area contributed by atoms with Crippen LogP contribution in [0.15, 0.2) is 12.1 Å². The molecule has 1 fully saturated rings. The largest absolute Gasteiger partial charge is 0.459 e. The second kappa shape index (κ2) is 5.70. The topological polar surface area (TPSA) is 39.2 Å². The van der Waals surface area contributed by atoms with Crippen molar-refractivity contribution in [1.29, 1.82) is 0 Å². The third-order valence-electron chi connectivity index (χ3n) is 3.32. The van der Waals surface area contributed by atoms with Crippen LogP contribution in [0.3, 0.4) is 0 Å². The van der Waals surface area contributed by atoms with Crippen LogP contribution in [0.25, 0.3) is 0 Å². The van der Waals surface area contributed by atoms with Crippen molar-refractivity contribution >= 4 is 17.6 Å². The Morgan fingerprint density at radius 3 is 2.89 bits per heavy atom. The molecule has 0 spiro atoms. The van der Waals surface area contributed by atoms with Crippen LogP contribution in [-0.2, 0) is 4.74 Å². The maximum Gasteiger partial charge on any atom is 0.338 e. The summed E-state index contributed by atoms with van der Waals surface area (Å²) in [6.07, 6.45) is 4.34. The van der Waals surface area contributed by atoms with Gasteiger partial charge >= 0.3 is 5.97 Å². The standard InChI is InChI=1S/C14H18ClNO2/c1-9-4-3-5-12(6-9)18-14(17)11-7-10(2)16-13(15)8-11/h7-9,12H,3-6H2,1-2H3. The van der Waals surface area contributed by atoms with Crippen LogP contribution in [-0.4, -0.2) is 17.1 Å². The first kappa shape index (κ1) is 13.3. The van der Waals surface area contributed by atoms with Crippen LogP contribution in [0, 0.1) is 12.8 Å². The highest BCUT2D eigenvalue weighted by atomic mass is 35.5. The van der Waals surface area contributed by atoms with E-state index in [4.69, 9.17) is 16.3 Å². The molecule has 18 heavy (non-hydrogen) atoms. The minimum Gasteiger partial charge on any atom is -0.459 e. The van der Waals surface area contributed by atoms with Crippen molar-refractivity contribution in [2.75, 3.05) is 0 Å². The number of carbonyl (C=O) groups is 1. The molecule has 0 radical (unpaired) electrons. The number of aromatic nitrogens is 1. The van der Waals surface area contributed by atoms with E-state index in [1.165, 1.54) is 6.42 Å². The van der Waals surface area contributed by atoms with Gasteiger partial charge < -0.3 is 4.74 Å². The predicted octanol–water partition coefficient (Wildman–Crippen LogP) is 3.78. The van der Waals surface area contributed by atoms with Crippen molar-refractivity contribution in [3.63, 3.8) is 0 Å². The summed E-state index contributed by atoms with van der Waals surface area (Å²) in [4.78, 5) is 16.0. The molecule has 2 atom stereocenters. The third kappa shape index (κ3) is 3.45. The Labute approximate surface area is 113 Å². The van der Waals surface area contributed by atoms with Gasteiger partial charge in [-0.1, -0.05) is 24.9 Å². The van der Waals surface area contributed by atoms with Gasteiger partial charge in [-0.15, -0.1) is 0 Å². The summed E-state index contributed by atoms with van der Waals surface area (Å²) in [7, 11) is 0. The first-order valence-corrected chi connectivity index (χ1v) is 6.77. The molecular formula is C14H18ClNO2. The molecule has 1 saturated carbocycles. The Hall–Kier alpha value is -1.09. The van der Waals surface area contributed by atoms with Gasteiger partial charge in [0.25, 0.3) is 0 Å². The van der Waals surface area contributed by atoms with E-state index in [2.05, 4.69) is 11.9 Å². The van der Waals surface area contributed by atoms with E-state index in [-0.39, 0.29) is 12.1 Å². The Bertz CT molecular complexity index is 427. The summed E-state index contributed by atoms with van der Waals surface area (Å²) >= 11 is 5.84. The fraction of sp³-hybridized carbons (Fsp3) is 0.571. The zero-order valence-electron chi connectivity index (χ0n) is 10.8. The first-order valence-electron chi connectivity index (χ1n) is 6.40. The lowest BCUT2D eigenvalue weighted by molar-refractivity contribution is 0.0155. The van der Waals surface area contributed by atoms with Gasteiger partial charge in [-0.2, -0.15) is 0 Å². The zero-order valence-corrected chi connectivity index (χ0v) is 11.5. The number of esters is 1. The average molecular weight is 268 g/mol. The van der Waals surface area contributed by atoms with Crippen LogP contribution in [0.2, 0.25) is 5.15 Å². The van der Waals surface area contributed by atoms with Crippen molar-refractivity contribution in [3.05, 3.63) is 28.5 Å². The van der Waals surface area contributed by atoms with E-state index in [0.717, 1.165) is 25.0 Å². The maximum atomic E-state index is 12.0. The molecule has 0 aromatic carbocycles. The number of aryl methyl sites for hydroxylation is 1. The number of rotatable bonds is 2. The normalized spacial score (nSPS) is 23.7. The Kier molecular flexibility index (Phi) is 4.23. The van der Waals surface area contributed by atoms with Gasteiger partial charge in [0.2, 0.25) is 0 Å². The summed E-state index contributed by atoms with van der Waals surface area (Å²) in [6.45, 7) is 4.01. The average Bonchev–Trinajstić information content (AvgIpc) is 2.27. The lowest BCUT2D eigenvalue weighted by Gasteiger charge is -2.26. The van der Waals surface area contributed by atoms with E-state index in [9.17, 15) is 4.79 Å². The Morgan fingerprint density at radius 2 is 2.22 bits per heavy atom. The highest BCUT2D eigenvalue weighted by Crippen LogP contribution is 2.26. The minimum atomic E-state index is -0.290. The number of pyridine rings is 1. The molecule has 0 saturated heterocycles. The van der Waals surface area contributed by atoms with Crippen molar-refractivity contribution in [3.8, 4) is 0 Å². The highest BCUT2D eigenvalue weighted by molar-refractivity contribution is 6.29. The molecule has 1 heterocycles. The van der Waals surface area contributed by atoms with Crippen LogP contribution >= 0.6 is 11.6 Å². The van der Waals surface area contributed by atoms with Crippen molar-refractivity contribution in [1.82, 2.24) is 4.98 Å². The van der Waals surface area contributed by atoms with Gasteiger partial charge in [0.05, 0.1) is 5.56 Å². The second-order valence-electron chi connectivity index (χ2n) is 5.12. The maximum absolute atomic E-state index is 12.0. The number of hydrogen-bond acceptors (Lipinski definition) is 3. The van der Waals surface area contributed by atoms with E-state index < -0.39 is 0 Å². The summed E-state index contributed by atoms with van der Waals surface area (Å²) in [5, 5.41) is 0.332. The SMILES string of the molecule is Cc1cc(C(=O)OC2CCCC(C)C2)cc(Cl)n1. The van der Waals surface area contributed by atoms with Crippen LogP contribution in [0.1, 0.15) is 48.7 Å². The second-order valence-corrected chi connectivity index (χ2v) is 5.51. The van der Waals surface area contributed by atoms with E-state index in [0.29, 0.717) is 16.6 Å². The van der Waals surface area contributed by atoms with Gasteiger partial charge in [0.15, 0.2) is 0 Å². The van der Waals surface area contributed by atoms with Gasteiger partial charge in [0, 0.05) is 5.69 Å². The van der Waals surface area contributed by atoms with Crippen molar-refractivity contribution in [2.45, 2.75) is 45.6 Å². The minimum absolute atomic E-state index is 0.0495. The van der Waals surface area contributed by atoms with E-state index in [1.807, 2.05) is 6.92 Å². The number of carbonyl (C=O) groups excluding carboxylic acids is 1. The number of ether oxygens (including phenoxy) is 1.